The summed E-state index contributed by atoms with van der Waals surface area (Å²) >= 11 is 3.46. The van der Waals surface area contributed by atoms with Crippen molar-refractivity contribution in [2.75, 3.05) is 11.5 Å². The van der Waals surface area contributed by atoms with Crippen molar-refractivity contribution in [1.82, 2.24) is 0 Å². The number of rotatable bonds is 8. The first-order valence-electron chi connectivity index (χ1n) is 14.6. The zero-order valence-electron chi connectivity index (χ0n) is 23.9. The molecule has 2 fully saturated rings. The first-order chi connectivity index (χ1) is 20.8. The van der Waals surface area contributed by atoms with E-state index in [1.165, 1.54) is 4.90 Å². The number of carbonyl (C=O) groups is 2. The molecular formula is C34H33BBrNO6. The van der Waals surface area contributed by atoms with Gasteiger partial charge >= 0.3 is 7.12 Å². The number of phenols is 1. The molecule has 0 unspecified atom stereocenters. The number of anilines is 1. The third-order valence-corrected chi connectivity index (χ3v) is 9.16. The lowest BCUT2D eigenvalue weighted by atomic mass is 9.58. The zero-order valence-corrected chi connectivity index (χ0v) is 25.4. The standard InChI is InChI=1S/C34H33BBrNO6/c1-21(16-22-17-24(36)13-14-29(22)38)12-15-30-31-23(20-42-26-10-6-3-7-11-26)18-27-32(28(31)19-35(41)43-30)34(40)37(33(27)39)25-8-4-2-5-9-25/h2-11,13-14,16-17,27-28,30,32,38,41H,12,15,18-20H2,1H3/b21-16+/t27-,28+,30-,32-/m1/s1. The van der Waals surface area contributed by atoms with Gasteiger partial charge in [-0.25, -0.2) is 0 Å². The second kappa shape index (κ2) is 12.5. The Morgan fingerprint density at radius 3 is 2.51 bits per heavy atom. The lowest BCUT2D eigenvalue weighted by Crippen LogP contribution is -2.46. The molecule has 6 rings (SSSR count). The molecule has 9 heteroatoms. The van der Waals surface area contributed by atoms with Gasteiger partial charge in [-0.1, -0.05) is 64.0 Å². The third kappa shape index (κ3) is 6.07. The van der Waals surface area contributed by atoms with Crippen LogP contribution in [0.5, 0.6) is 11.5 Å². The van der Waals surface area contributed by atoms with Gasteiger partial charge in [0.05, 0.1) is 23.6 Å². The first-order valence-corrected chi connectivity index (χ1v) is 15.4. The second-order valence-corrected chi connectivity index (χ2v) is 12.4. The van der Waals surface area contributed by atoms with E-state index in [9.17, 15) is 19.7 Å². The molecule has 3 aromatic carbocycles. The number of halogens is 1. The van der Waals surface area contributed by atoms with Crippen molar-refractivity contribution in [2.24, 2.45) is 17.8 Å². The molecule has 43 heavy (non-hydrogen) atoms. The number of carbonyl (C=O) groups excluding carboxylic acids is 2. The highest BCUT2D eigenvalue weighted by Crippen LogP contribution is 2.51. The van der Waals surface area contributed by atoms with E-state index in [1.54, 1.807) is 24.3 Å². The topological polar surface area (TPSA) is 96.3 Å². The average Bonchev–Trinajstić information content (AvgIpc) is 3.26. The van der Waals surface area contributed by atoms with Crippen LogP contribution in [0.3, 0.4) is 0 Å². The predicted molar refractivity (Wildman–Crippen MR) is 169 cm³/mol. The molecule has 0 radical (unpaired) electrons. The van der Waals surface area contributed by atoms with Crippen LogP contribution < -0.4 is 9.64 Å². The lowest BCUT2D eigenvalue weighted by molar-refractivity contribution is -0.122. The molecule has 2 N–H and O–H groups in total. The number of nitrogens with zero attached hydrogens (tertiary/aromatic N) is 1. The summed E-state index contributed by atoms with van der Waals surface area (Å²) in [5.41, 5.74) is 4.23. The van der Waals surface area contributed by atoms with Crippen LogP contribution in [0.25, 0.3) is 6.08 Å². The molecule has 0 spiro atoms. The molecule has 0 saturated carbocycles. The molecular weight excluding hydrogens is 609 g/mol. The normalized spacial score (nSPS) is 23.8. The SMILES string of the molecule is C/C(=C\c1cc(Br)ccc1O)CC[C@H]1OB(O)C[C@H]2C1=C(COc1ccccc1)C[C@H]1C(=O)N(c3ccccc3)C(=O)[C@H]12. The third-order valence-electron chi connectivity index (χ3n) is 8.67. The summed E-state index contributed by atoms with van der Waals surface area (Å²) in [6.07, 6.45) is 3.34. The largest absolute Gasteiger partial charge is 0.507 e. The minimum absolute atomic E-state index is 0.195. The smallest absolute Gasteiger partial charge is 0.455 e. The summed E-state index contributed by atoms with van der Waals surface area (Å²) in [7, 11) is -1.05. The van der Waals surface area contributed by atoms with E-state index >= 15 is 0 Å². The van der Waals surface area contributed by atoms with Crippen molar-refractivity contribution >= 4 is 46.6 Å². The number of hydrogen-bond donors (Lipinski definition) is 2. The van der Waals surface area contributed by atoms with E-state index in [1.807, 2.05) is 67.6 Å². The number of fused-ring (bicyclic) bond motifs is 3. The highest BCUT2D eigenvalue weighted by Gasteiger charge is 2.57. The number of aromatic hydroxyl groups is 1. The van der Waals surface area contributed by atoms with Crippen molar-refractivity contribution in [3.05, 3.63) is 106 Å². The predicted octanol–water partition coefficient (Wildman–Crippen LogP) is 6.42. The number of imide groups is 1. The minimum Gasteiger partial charge on any atom is -0.507 e. The fraction of sp³-hybridized carbons (Fsp3) is 0.294. The first kappa shape index (κ1) is 29.4. The van der Waals surface area contributed by atoms with Crippen LogP contribution in [0.2, 0.25) is 6.32 Å². The van der Waals surface area contributed by atoms with Gasteiger partial charge in [0.15, 0.2) is 0 Å². The molecule has 3 aromatic rings. The number of ether oxygens (including phenoxy) is 1. The van der Waals surface area contributed by atoms with Crippen molar-refractivity contribution < 1.29 is 29.1 Å². The van der Waals surface area contributed by atoms with Gasteiger partial charge in [-0.3, -0.25) is 14.5 Å². The number of hydrogen-bond acceptors (Lipinski definition) is 6. The molecule has 220 valence electrons. The zero-order chi connectivity index (χ0) is 30.1. The Morgan fingerprint density at radius 2 is 1.77 bits per heavy atom. The Bertz CT molecular complexity index is 1580. The number of benzene rings is 3. The van der Waals surface area contributed by atoms with E-state index in [2.05, 4.69) is 15.9 Å². The highest BCUT2D eigenvalue weighted by molar-refractivity contribution is 9.10. The van der Waals surface area contributed by atoms with E-state index in [0.717, 1.165) is 26.9 Å². The van der Waals surface area contributed by atoms with Crippen LogP contribution >= 0.6 is 15.9 Å². The Balaban J connectivity index is 1.32. The molecule has 2 aliphatic heterocycles. The van der Waals surface area contributed by atoms with Crippen LogP contribution in [0.1, 0.15) is 31.7 Å². The van der Waals surface area contributed by atoms with E-state index in [0.29, 0.717) is 30.5 Å². The van der Waals surface area contributed by atoms with Gasteiger partial charge in [0, 0.05) is 10.0 Å². The molecule has 2 heterocycles. The molecule has 4 atom stereocenters. The van der Waals surface area contributed by atoms with E-state index < -0.39 is 25.1 Å². The molecule has 2 saturated heterocycles. The monoisotopic (exact) mass is 641 g/mol. The summed E-state index contributed by atoms with van der Waals surface area (Å²) in [4.78, 5) is 29.0. The number of amides is 2. The van der Waals surface area contributed by atoms with Crippen LogP contribution in [-0.2, 0) is 14.2 Å². The number of para-hydroxylation sites is 2. The molecule has 0 bridgehead atoms. The maximum atomic E-state index is 13.9. The maximum absolute atomic E-state index is 13.9. The van der Waals surface area contributed by atoms with Gasteiger partial charge in [-0.2, -0.15) is 0 Å². The van der Waals surface area contributed by atoms with Gasteiger partial charge in [0.2, 0.25) is 11.8 Å². The quantitative estimate of drug-likeness (QED) is 0.167. The number of phenolic OH excluding ortho intramolecular Hbond substituents is 1. The Morgan fingerprint density at radius 1 is 1.05 bits per heavy atom. The van der Waals surface area contributed by atoms with Gasteiger partial charge in [0.1, 0.15) is 18.1 Å². The van der Waals surface area contributed by atoms with Crippen LogP contribution in [0.4, 0.5) is 5.69 Å². The summed E-state index contributed by atoms with van der Waals surface area (Å²) in [6.45, 7) is 2.27. The van der Waals surface area contributed by atoms with Crippen LogP contribution in [0, 0.1) is 17.8 Å². The summed E-state index contributed by atoms with van der Waals surface area (Å²) in [5, 5.41) is 21.2. The fourth-order valence-electron chi connectivity index (χ4n) is 6.75. The van der Waals surface area contributed by atoms with E-state index in [4.69, 9.17) is 9.39 Å². The van der Waals surface area contributed by atoms with Gasteiger partial charge in [-0.15, -0.1) is 0 Å². The minimum atomic E-state index is -1.05. The molecule has 7 nitrogen and oxygen atoms in total. The fourth-order valence-corrected chi connectivity index (χ4v) is 7.13. The summed E-state index contributed by atoms with van der Waals surface area (Å²) < 4.78 is 13.2. The molecule has 1 aliphatic carbocycles. The Kier molecular flexibility index (Phi) is 8.57. The Labute approximate surface area is 260 Å². The van der Waals surface area contributed by atoms with Crippen LogP contribution in [0.15, 0.2) is 100 Å². The number of allylic oxidation sites excluding steroid dienone is 1. The molecule has 0 aromatic heterocycles. The van der Waals surface area contributed by atoms with Crippen molar-refractivity contribution in [3.8, 4) is 11.5 Å². The van der Waals surface area contributed by atoms with Crippen LogP contribution in [-0.4, -0.2) is 41.8 Å². The molecule has 3 aliphatic rings. The average molecular weight is 642 g/mol. The lowest BCUT2D eigenvalue weighted by Gasteiger charge is -2.43. The summed E-state index contributed by atoms with van der Waals surface area (Å²) in [5.74, 6) is -0.952. The van der Waals surface area contributed by atoms with Crippen molar-refractivity contribution in [2.45, 2.75) is 38.6 Å². The van der Waals surface area contributed by atoms with E-state index in [-0.39, 0.29) is 36.4 Å². The van der Waals surface area contributed by atoms with Crippen molar-refractivity contribution in [1.29, 1.82) is 0 Å². The Hall–Kier alpha value is -3.66. The maximum Gasteiger partial charge on any atom is 0.455 e. The highest BCUT2D eigenvalue weighted by atomic mass is 79.9. The van der Waals surface area contributed by atoms with Gasteiger partial charge in [-0.05, 0) is 92.0 Å². The second-order valence-electron chi connectivity index (χ2n) is 11.5. The van der Waals surface area contributed by atoms with Crippen molar-refractivity contribution in [3.63, 3.8) is 0 Å². The summed E-state index contributed by atoms with van der Waals surface area (Å²) in [6, 6.07) is 23.9. The van der Waals surface area contributed by atoms with Gasteiger partial charge < -0.3 is 19.5 Å². The molecule has 2 amide bonds. The van der Waals surface area contributed by atoms with Gasteiger partial charge in [0.25, 0.3) is 0 Å².